The molecule has 25 heavy (non-hydrogen) atoms. The van der Waals surface area contributed by atoms with E-state index in [0.29, 0.717) is 11.1 Å². The maximum atomic E-state index is 12.5. The monoisotopic (exact) mass is 387 g/mol. The van der Waals surface area contributed by atoms with Crippen molar-refractivity contribution in [3.05, 3.63) is 76.8 Å². The minimum atomic E-state index is -4.60. The molecular formula is C17H13ClF3NO2S. The molecule has 0 aliphatic rings. The Labute approximate surface area is 148 Å². The van der Waals surface area contributed by atoms with Crippen LogP contribution in [0.15, 0.2) is 70.0 Å². The zero-order valence-corrected chi connectivity index (χ0v) is 14.5. The molecule has 0 radical (unpaired) electrons. The van der Waals surface area contributed by atoms with Crippen LogP contribution < -0.4 is 0 Å². The first kappa shape index (κ1) is 19.2. The molecule has 0 unspecified atom stereocenters. The van der Waals surface area contributed by atoms with E-state index in [2.05, 4.69) is 4.40 Å². The fourth-order valence-corrected chi connectivity index (χ4v) is 3.00. The third-order valence-corrected chi connectivity index (χ3v) is 4.66. The molecule has 2 aromatic rings. The van der Waals surface area contributed by atoms with Gasteiger partial charge in [0.05, 0.1) is 10.6 Å². The van der Waals surface area contributed by atoms with Crippen LogP contribution in [0.4, 0.5) is 13.2 Å². The topological polar surface area (TPSA) is 46.5 Å². The minimum absolute atomic E-state index is 0.0644. The first-order valence-electron chi connectivity index (χ1n) is 7.00. The van der Waals surface area contributed by atoms with Gasteiger partial charge in [-0.2, -0.15) is 26.0 Å². The molecule has 2 aromatic carbocycles. The lowest BCUT2D eigenvalue weighted by molar-refractivity contribution is -0.0797. The third-order valence-electron chi connectivity index (χ3n) is 3.11. The molecular weight excluding hydrogens is 375 g/mol. The third kappa shape index (κ3) is 5.72. The van der Waals surface area contributed by atoms with E-state index in [9.17, 15) is 21.6 Å². The van der Waals surface area contributed by atoms with Gasteiger partial charge in [-0.1, -0.05) is 41.4 Å². The van der Waals surface area contributed by atoms with Gasteiger partial charge in [-0.15, -0.1) is 0 Å². The van der Waals surface area contributed by atoms with Crippen LogP contribution in [-0.2, 0) is 10.0 Å². The highest BCUT2D eigenvalue weighted by Crippen LogP contribution is 2.20. The summed E-state index contributed by atoms with van der Waals surface area (Å²) in [5.74, 6) is 0. The molecule has 3 nitrogen and oxygen atoms in total. The quantitative estimate of drug-likeness (QED) is 0.697. The Morgan fingerprint density at radius 1 is 1.04 bits per heavy atom. The molecule has 0 heterocycles. The highest BCUT2D eigenvalue weighted by molar-refractivity contribution is 7.90. The van der Waals surface area contributed by atoms with Crippen molar-refractivity contribution in [2.75, 3.05) is 0 Å². The molecule has 0 N–H and O–H groups in total. The minimum Gasteiger partial charge on any atom is -0.199 e. The zero-order valence-electron chi connectivity index (χ0n) is 13.0. The highest BCUT2D eigenvalue weighted by atomic mass is 35.5. The fourth-order valence-electron chi connectivity index (χ4n) is 1.87. The first-order valence-corrected chi connectivity index (χ1v) is 8.82. The van der Waals surface area contributed by atoms with E-state index in [1.54, 1.807) is 19.1 Å². The van der Waals surface area contributed by atoms with Gasteiger partial charge in [0, 0.05) is 16.7 Å². The van der Waals surface area contributed by atoms with Crippen molar-refractivity contribution >= 4 is 27.3 Å². The van der Waals surface area contributed by atoms with Crippen LogP contribution in [0, 0.1) is 6.92 Å². The molecule has 0 spiro atoms. The van der Waals surface area contributed by atoms with Crippen LogP contribution in [-0.4, -0.2) is 20.3 Å². The predicted molar refractivity (Wildman–Crippen MR) is 91.5 cm³/mol. The second-order valence-electron chi connectivity index (χ2n) is 5.15. The first-order chi connectivity index (χ1) is 11.6. The number of rotatable bonds is 4. The van der Waals surface area contributed by atoms with Crippen molar-refractivity contribution in [3.63, 3.8) is 0 Å². The molecule has 0 fully saturated rings. The van der Waals surface area contributed by atoms with E-state index in [-0.39, 0.29) is 22.2 Å². The Morgan fingerprint density at radius 3 is 2.12 bits per heavy atom. The van der Waals surface area contributed by atoms with Gasteiger partial charge in [0.15, 0.2) is 0 Å². The average Bonchev–Trinajstić information content (AvgIpc) is 2.52. The lowest BCUT2D eigenvalue weighted by Crippen LogP contribution is -2.07. The van der Waals surface area contributed by atoms with Crippen molar-refractivity contribution < 1.29 is 21.6 Å². The predicted octanol–water partition coefficient (Wildman–Crippen LogP) is 4.94. The van der Waals surface area contributed by atoms with Gasteiger partial charge in [-0.25, -0.2) is 0 Å². The second-order valence-corrected chi connectivity index (χ2v) is 7.19. The Balaban J connectivity index is 2.53. The highest BCUT2D eigenvalue weighted by Gasteiger charge is 2.23. The Hall–Kier alpha value is -2.12. The summed E-state index contributed by atoms with van der Waals surface area (Å²) in [6, 6.07) is 11.5. The van der Waals surface area contributed by atoms with Gasteiger partial charge in [0.25, 0.3) is 10.0 Å². The maximum absolute atomic E-state index is 12.5. The van der Waals surface area contributed by atoms with Gasteiger partial charge in [0.1, 0.15) is 0 Å². The number of hydrogen-bond acceptors (Lipinski definition) is 2. The van der Waals surface area contributed by atoms with E-state index in [1.165, 1.54) is 36.4 Å². The van der Waals surface area contributed by atoms with E-state index >= 15 is 0 Å². The van der Waals surface area contributed by atoms with Gasteiger partial charge in [-0.3, -0.25) is 0 Å². The van der Waals surface area contributed by atoms with Crippen LogP contribution in [0.2, 0.25) is 5.02 Å². The number of benzene rings is 2. The molecule has 0 aliphatic carbocycles. The Morgan fingerprint density at radius 2 is 1.60 bits per heavy atom. The van der Waals surface area contributed by atoms with Gasteiger partial charge in [0.2, 0.25) is 0 Å². The Bertz CT molecular complexity index is 900. The van der Waals surface area contributed by atoms with Crippen molar-refractivity contribution in [2.45, 2.75) is 18.0 Å². The molecule has 0 aromatic heterocycles. The summed E-state index contributed by atoms with van der Waals surface area (Å²) in [5, 5.41) is 0.365. The lowest BCUT2D eigenvalue weighted by atomic mass is 10.1. The second kappa shape index (κ2) is 7.41. The van der Waals surface area contributed by atoms with Crippen molar-refractivity contribution in [1.29, 1.82) is 0 Å². The molecule has 0 aliphatic heterocycles. The van der Waals surface area contributed by atoms with Crippen LogP contribution >= 0.6 is 11.6 Å². The lowest BCUT2D eigenvalue weighted by Gasteiger charge is -2.05. The molecule has 0 atom stereocenters. The Kier molecular flexibility index (Phi) is 5.69. The zero-order chi connectivity index (χ0) is 18.7. The summed E-state index contributed by atoms with van der Waals surface area (Å²) in [7, 11) is -4.17. The maximum Gasteiger partial charge on any atom is 0.409 e. The molecule has 0 bridgehead atoms. The van der Waals surface area contributed by atoms with Crippen molar-refractivity contribution in [3.8, 4) is 0 Å². The number of aryl methyl sites for hydroxylation is 1. The normalized spacial score (nSPS) is 13.4. The van der Waals surface area contributed by atoms with E-state index in [0.717, 1.165) is 5.56 Å². The smallest absolute Gasteiger partial charge is 0.199 e. The van der Waals surface area contributed by atoms with Gasteiger partial charge >= 0.3 is 6.18 Å². The van der Waals surface area contributed by atoms with E-state index < -0.39 is 16.2 Å². The number of sulfonamides is 1. The van der Waals surface area contributed by atoms with Gasteiger partial charge < -0.3 is 0 Å². The van der Waals surface area contributed by atoms with E-state index in [4.69, 9.17) is 11.6 Å². The summed E-state index contributed by atoms with van der Waals surface area (Å²) < 4.78 is 65.8. The summed E-state index contributed by atoms with van der Waals surface area (Å²) in [6.07, 6.45) is -4.04. The molecule has 2 rings (SSSR count). The number of nitrogens with zero attached hydrogens (tertiary/aromatic N) is 1. The van der Waals surface area contributed by atoms with Crippen molar-refractivity contribution in [1.82, 2.24) is 0 Å². The number of hydrogen-bond donors (Lipinski definition) is 0. The van der Waals surface area contributed by atoms with Gasteiger partial charge in [-0.05, 0) is 37.3 Å². The number of allylic oxidation sites excluding steroid dienone is 2. The molecule has 132 valence electrons. The van der Waals surface area contributed by atoms with Crippen molar-refractivity contribution in [2.24, 2.45) is 4.40 Å². The number of alkyl halides is 3. The standard InChI is InChI=1S/C17H13ClF3NO2S/c1-12-2-8-15(9-3-12)25(23,24)22-16(10-11-17(19,20)21)13-4-6-14(18)7-5-13/h2-11H,1H3/b11-10+,22-16?. The summed E-state index contributed by atoms with van der Waals surface area (Å²) in [5.41, 5.74) is 0.702. The van der Waals surface area contributed by atoms with Crippen LogP contribution in [0.3, 0.4) is 0 Å². The molecule has 0 saturated carbocycles. The van der Waals surface area contributed by atoms with Crippen LogP contribution in [0.1, 0.15) is 11.1 Å². The van der Waals surface area contributed by atoms with Crippen LogP contribution in [0.25, 0.3) is 0 Å². The summed E-state index contributed by atoms with van der Waals surface area (Å²) in [4.78, 5) is -0.107. The summed E-state index contributed by atoms with van der Waals surface area (Å²) in [6.45, 7) is 1.78. The SMILES string of the molecule is Cc1ccc(S(=O)(=O)N=C(/C=C/C(F)(F)F)c2ccc(Cl)cc2)cc1. The molecule has 0 amide bonds. The molecule has 8 heteroatoms. The average molecular weight is 388 g/mol. The van der Waals surface area contributed by atoms with Crippen LogP contribution in [0.5, 0.6) is 0 Å². The number of halogens is 4. The summed E-state index contributed by atoms with van der Waals surface area (Å²) >= 11 is 5.75. The largest absolute Gasteiger partial charge is 0.409 e. The fraction of sp³-hybridized carbons (Fsp3) is 0.118. The molecule has 0 saturated heterocycles. The van der Waals surface area contributed by atoms with E-state index in [1.807, 2.05) is 0 Å².